The van der Waals surface area contributed by atoms with Crippen LogP contribution in [-0.4, -0.2) is 23.1 Å². The molecule has 0 atom stereocenters. The van der Waals surface area contributed by atoms with E-state index in [1.807, 2.05) is 18.2 Å². The molecule has 1 aliphatic heterocycles. The van der Waals surface area contributed by atoms with Crippen LogP contribution in [0.2, 0.25) is 0 Å². The normalized spacial score (nSPS) is 15.7. The molecular weight excluding hydrogens is 246 g/mol. The third-order valence-electron chi connectivity index (χ3n) is 4.03. The van der Waals surface area contributed by atoms with Gasteiger partial charge >= 0.3 is 0 Å². The van der Waals surface area contributed by atoms with Gasteiger partial charge in [-0.15, -0.1) is 0 Å². The first-order valence-electron chi connectivity index (χ1n) is 7.37. The molecule has 2 aromatic rings. The highest BCUT2D eigenvalue weighted by Crippen LogP contribution is 2.25. The predicted octanol–water partition coefficient (Wildman–Crippen LogP) is 3.44. The quantitative estimate of drug-likeness (QED) is 0.917. The Morgan fingerprint density at radius 2 is 1.75 bits per heavy atom. The van der Waals surface area contributed by atoms with Gasteiger partial charge in [0.05, 0.1) is 6.61 Å². The summed E-state index contributed by atoms with van der Waals surface area (Å²) < 4.78 is 0. The van der Waals surface area contributed by atoms with E-state index in [0.29, 0.717) is 0 Å². The van der Waals surface area contributed by atoms with Crippen molar-refractivity contribution in [3.63, 3.8) is 0 Å². The van der Waals surface area contributed by atoms with Gasteiger partial charge in [0, 0.05) is 6.54 Å². The summed E-state index contributed by atoms with van der Waals surface area (Å²) in [6, 6.07) is 16.8. The molecule has 2 aromatic carbocycles. The predicted molar refractivity (Wildman–Crippen MR) is 82.3 cm³/mol. The van der Waals surface area contributed by atoms with Crippen molar-refractivity contribution >= 4 is 0 Å². The van der Waals surface area contributed by atoms with Gasteiger partial charge in [-0.3, -0.25) is 4.90 Å². The molecule has 0 saturated carbocycles. The Kier molecular flexibility index (Phi) is 4.14. The van der Waals surface area contributed by atoms with Gasteiger partial charge in [0.2, 0.25) is 0 Å². The summed E-state index contributed by atoms with van der Waals surface area (Å²) in [4.78, 5) is 2.51. The number of aliphatic hydroxyl groups is 1. The maximum atomic E-state index is 9.47. The highest BCUT2D eigenvalue weighted by molar-refractivity contribution is 5.67. The van der Waals surface area contributed by atoms with Crippen LogP contribution in [0.5, 0.6) is 0 Å². The minimum absolute atomic E-state index is 0.0898. The van der Waals surface area contributed by atoms with Crippen molar-refractivity contribution in [3.8, 4) is 11.1 Å². The van der Waals surface area contributed by atoms with Crippen LogP contribution in [0, 0.1) is 0 Å². The van der Waals surface area contributed by atoms with Gasteiger partial charge in [-0.05, 0) is 54.3 Å². The number of benzene rings is 2. The smallest absolute Gasteiger partial charge is 0.0687 e. The Balaban J connectivity index is 1.86. The van der Waals surface area contributed by atoms with Crippen molar-refractivity contribution < 1.29 is 5.11 Å². The molecule has 1 fully saturated rings. The Bertz CT molecular complexity index is 573. The van der Waals surface area contributed by atoms with Crippen molar-refractivity contribution in [1.82, 2.24) is 4.90 Å². The Morgan fingerprint density at radius 3 is 2.55 bits per heavy atom. The maximum Gasteiger partial charge on any atom is 0.0687 e. The van der Waals surface area contributed by atoms with Crippen LogP contribution in [0.15, 0.2) is 48.5 Å². The standard InChI is InChI=1S/C18H21NO/c20-14-17-7-1-2-9-18(17)16-8-5-6-15(12-16)13-19-10-3-4-11-19/h1-2,5-9,12,20H,3-4,10-11,13-14H2. The Hall–Kier alpha value is -1.64. The molecule has 2 heteroatoms. The molecule has 1 heterocycles. The minimum Gasteiger partial charge on any atom is -0.392 e. The van der Waals surface area contributed by atoms with Crippen molar-refractivity contribution in [2.75, 3.05) is 13.1 Å². The van der Waals surface area contributed by atoms with E-state index in [-0.39, 0.29) is 6.61 Å². The monoisotopic (exact) mass is 267 g/mol. The van der Waals surface area contributed by atoms with Gasteiger partial charge in [-0.2, -0.15) is 0 Å². The number of likely N-dealkylation sites (tertiary alicyclic amines) is 1. The first kappa shape index (κ1) is 13.3. The Morgan fingerprint density at radius 1 is 0.950 bits per heavy atom. The molecule has 0 aliphatic carbocycles. The minimum atomic E-state index is 0.0898. The van der Waals surface area contributed by atoms with E-state index in [0.717, 1.165) is 17.7 Å². The number of hydrogen-bond acceptors (Lipinski definition) is 2. The van der Waals surface area contributed by atoms with E-state index in [4.69, 9.17) is 0 Å². The molecule has 1 aliphatic rings. The SMILES string of the molecule is OCc1ccccc1-c1cccc(CN2CCCC2)c1. The van der Waals surface area contributed by atoms with E-state index in [2.05, 4.69) is 35.2 Å². The van der Waals surface area contributed by atoms with Gasteiger partial charge in [0.1, 0.15) is 0 Å². The zero-order valence-corrected chi connectivity index (χ0v) is 11.8. The van der Waals surface area contributed by atoms with Crippen molar-refractivity contribution in [1.29, 1.82) is 0 Å². The topological polar surface area (TPSA) is 23.5 Å². The first-order chi connectivity index (χ1) is 9.86. The zero-order valence-electron chi connectivity index (χ0n) is 11.8. The number of aliphatic hydroxyl groups excluding tert-OH is 1. The molecule has 20 heavy (non-hydrogen) atoms. The van der Waals surface area contributed by atoms with Crippen LogP contribution in [0.25, 0.3) is 11.1 Å². The van der Waals surface area contributed by atoms with E-state index in [1.54, 1.807) is 0 Å². The van der Waals surface area contributed by atoms with Crippen LogP contribution in [0.3, 0.4) is 0 Å². The summed E-state index contributed by atoms with van der Waals surface area (Å²) in [6.07, 6.45) is 2.65. The van der Waals surface area contributed by atoms with Gasteiger partial charge in [-0.1, -0.05) is 42.5 Å². The van der Waals surface area contributed by atoms with Crippen LogP contribution >= 0.6 is 0 Å². The van der Waals surface area contributed by atoms with E-state index >= 15 is 0 Å². The molecule has 0 spiro atoms. The van der Waals surface area contributed by atoms with E-state index < -0.39 is 0 Å². The third-order valence-corrected chi connectivity index (χ3v) is 4.03. The van der Waals surface area contributed by atoms with Crippen molar-refractivity contribution in [2.45, 2.75) is 26.0 Å². The molecule has 0 aromatic heterocycles. The third kappa shape index (κ3) is 2.92. The lowest BCUT2D eigenvalue weighted by Crippen LogP contribution is -2.18. The van der Waals surface area contributed by atoms with Crippen LogP contribution in [-0.2, 0) is 13.2 Å². The molecule has 0 amide bonds. The molecule has 3 rings (SSSR count). The second kappa shape index (κ2) is 6.21. The first-order valence-corrected chi connectivity index (χ1v) is 7.37. The lowest BCUT2D eigenvalue weighted by molar-refractivity contribution is 0.282. The fraction of sp³-hybridized carbons (Fsp3) is 0.333. The fourth-order valence-corrected chi connectivity index (χ4v) is 2.98. The number of rotatable bonds is 4. The summed E-state index contributed by atoms with van der Waals surface area (Å²) >= 11 is 0. The summed E-state index contributed by atoms with van der Waals surface area (Å²) in [5.74, 6) is 0. The summed E-state index contributed by atoms with van der Waals surface area (Å²) in [6.45, 7) is 3.57. The molecule has 1 N–H and O–H groups in total. The lowest BCUT2D eigenvalue weighted by Gasteiger charge is -2.15. The zero-order chi connectivity index (χ0) is 13.8. The second-order valence-electron chi connectivity index (χ2n) is 5.50. The molecule has 0 bridgehead atoms. The molecule has 1 saturated heterocycles. The molecule has 0 unspecified atom stereocenters. The molecule has 104 valence electrons. The lowest BCUT2D eigenvalue weighted by atomic mass is 9.98. The van der Waals surface area contributed by atoms with Crippen LogP contribution in [0.4, 0.5) is 0 Å². The second-order valence-corrected chi connectivity index (χ2v) is 5.50. The van der Waals surface area contributed by atoms with E-state index in [1.165, 1.54) is 37.1 Å². The van der Waals surface area contributed by atoms with Gasteiger partial charge in [0.15, 0.2) is 0 Å². The van der Waals surface area contributed by atoms with Crippen molar-refractivity contribution in [2.24, 2.45) is 0 Å². The molecule has 0 radical (unpaired) electrons. The largest absolute Gasteiger partial charge is 0.392 e. The van der Waals surface area contributed by atoms with Crippen LogP contribution < -0.4 is 0 Å². The highest BCUT2D eigenvalue weighted by atomic mass is 16.3. The number of hydrogen-bond donors (Lipinski definition) is 1. The molecule has 2 nitrogen and oxygen atoms in total. The summed E-state index contributed by atoms with van der Waals surface area (Å²) in [5.41, 5.74) is 4.69. The van der Waals surface area contributed by atoms with Gasteiger partial charge in [-0.25, -0.2) is 0 Å². The van der Waals surface area contributed by atoms with Gasteiger partial charge in [0.25, 0.3) is 0 Å². The Labute approximate surface area is 120 Å². The van der Waals surface area contributed by atoms with Crippen LogP contribution in [0.1, 0.15) is 24.0 Å². The molecular formula is C18H21NO. The van der Waals surface area contributed by atoms with E-state index in [9.17, 15) is 5.11 Å². The van der Waals surface area contributed by atoms with Gasteiger partial charge < -0.3 is 5.11 Å². The fourth-order valence-electron chi connectivity index (χ4n) is 2.98. The maximum absolute atomic E-state index is 9.47. The summed E-state index contributed by atoms with van der Waals surface area (Å²) in [5, 5.41) is 9.47. The average Bonchev–Trinajstić information content (AvgIpc) is 3.00. The van der Waals surface area contributed by atoms with Crippen molar-refractivity contribution in [3.05, 3.63) is 59.7 Å². The average molecular weight is 267 g/mol. The number of nitrogens with zero attached hydrogens (tertiary/aromatic N) is 1. The summed E-state index contributed by atoms with van der Waals surface area (Å²) in [7, 11) is 0. The highest BCUT2D eigenvalue weighted by Gasteiger charge is 2.12.